The molecule has 2 rings (SSSR count). The van der Waals surface area contributed by atoms with Crippen LogP contribution in [0.2, 0.25) is 0 Å². The fourth-order valence-electron chi connectivity index (χ4n) is 1.92. The molecule has 0 aliphatic heterocycles. The first-order chi connectivity index (χ1) is 10.2. The maximum atomic E-state index is 5.87. The molecule has 1 aliphatic rings. The van der Waals surface area contributed by atoms with E-state index in [0.717, 1.165) is 23.8 Å². The van der Waals surface area contributed by atoms with Crippen molar-refractivity contribution < 1.29 is 4.74 Å². The predicted octanol–water partition coefficient (Wildman–Crippen LogP) is 2.07. The fourth-order valence-corrected chi connectivity index (χ4v) is 1.92. The standard InChI is InChI=1S/C16H26N4O.HI/c1-17-16(19-14-8-9-14)18-12-13-6-4-5-7-15(13)21-11-10-20(2)3;/h4-7,14H,8-12H2,1-3H3,(H2,17,18,19);1H. The van der Waals surface area contributed by atoms with E-state index < -0.39 is 0 Å². The quantitative estimate of drug-likeness (QED) is 0.405. The van der Waals surface area contributed by atoms with Crippen molar-refractivity contribution in [2.24, 2.45) is 4.99 Å². The minimum Gasteiger partial charge on any atom is -0.492 e. The Kier molecular flexibility index (Phi) is 8.55. The lowest BCUT2D eigenvalue weighted by Gasteiger charge is -2.15. The van der Waals surface area contributed by atoms with Crippen molar-refractivity contribution >= 4 is 29.9 Å². The maximum absolute atomic E-state index is 5.87. The molecule has 1 aromatic carbocycles. The molecule has 0 saturated heterocycles. The molecule has 0 aromatic heterocycles. The van der Waals surface area contributed by atoms with Crippen molar-refractivity contribution in [1.29, 1.82) is 0 Å². The lowest BCUT2D eigenvalue weighted by Crippen LogP contribution is -2.38. The van der Waals surface area contributed by atoms with E-state index in [2.05, 4.69) is 26.6 Å². The normalized spacial score (nSPS) is 14.5. The van der Waals surface area contributed by atoms with Gasteiger partial charge >= 0.3 is 0 Å². The molecular weight excluding hydrogens is 391 g/mol. The number of ether oxygens (including phenoxy) is 1. The number of likely N-dealkylation sites (N-methyl/N-ethyl adjacent to an activating group) is 1. The lowest BCUT2D eigenvalue weighted by molar-refractivity contribution is 0.259. The van der Waals surface area contributed by atoms with Crippen LogP contribution in [0.4, 0.5) is 0 Å². The minimum absolute atomic E-state index is 0. The molecule has 0 spiro atoms. The molecule has 1 fully saturated rings. The summed E-state index contributed by atoms with van der Waals surface area (Å²) in [6, 6.07) is 8.74. The van der Waals surface area contributed by atoms with Crippen LogP contribution in [0.5, 0.6) is 5.75 Å². The largest absolute Gasteiger partial charge is 0.492 e. The smallest absolute Gasteiger partial charge is 0.191 e. The molecule has 0 bridgehead atoms. The third-order valence-corrected chi connectivity index (χ3v) is 3.36. The SMILES string of the molecule is CN=C(NCc1ccccc1OCCN(C)C)NC1CC1.I. The molecule has 5 nitrogen and oxygen atoms in total. The summed E-state index contributed by atoms with van der Waals surface area (Å²) in [7, 11) is 5.89. The van der Waals surface area contributed by atoms with Crippen molar-refractivity contribution in [3.63, 3.8) is 0 Å². The van der Waals surface area contributed by atoms with Crippen LogP contribution in [0.1, 0.15) is 18.4 Å². The molecule has 2 N–H and O–H groups in total. The fraction of sp³-hybridized carbons (Fsp3) is 0.562. The van der Waals surface area contributed by atoms with Gasteiger partial charge in [-0.05, 0) is 33.0 Å². The van der Waals surface area contributed by atoms with Gasteiger partial charge in [-0.15, -0.1) is 24.0 Å². The number of nitrogens with one attached hydrogen (secondary N) is 2. The van der Waals surface area contributed by atoms with Gasteiger partial charge in [0.1, 0.15) is 12.4 Å². The third-order valence-electron chi connectivity index (χ3n) is 3.36. The Morgan fingerprint density at radius 1 is 1.32 bits per heavy atom. The van der Waals surface area contributed by atoms with Crippen LogP contribution in [0, 0.1) is 0 Å². The third kappa shape index (κ3) is 6.83. The number of para-hydroxylation sites is 1. The van der Waals surface area contributed by atoms with Gasteiger partial charge in [0.15, 0.2) is 5.96 Å². The van der Waals surface area contributed by atoms with Crippen LogP contribution in [-0.2, 0) is 6.54 Å². The van der Waals surface area contributed by atoms with E-state index in [1.165, 1.54) is 12.8 Å². The van der Waals surface area contributed by atoms with E-state index in [1.807, 2.05) is 32.3 Å². The molecular formula is C16H27IN4O. The second kappa shape index (κ2) is 9.89. The Balaban J connectivity index is 0.00000242. The van der Waals surface area contributed by atoms with E-state index in [4.69, 9.17) is 4.74 Å². The second-order valence-electron chi connectivity index (χ2n) is 5.60. The molecule has 0 atom stereocenters. The van der Waals surface area contributed by atoms with Crippen LogP contribution in [0.3, 0.4) is 0 Å². The number of rotatable bonds is 7. The highest BCUT2D eigenvalue weighted by Gasteiger charge is 2.22. The van der Waals surface area contributed by atoms with Crippen LogP contribution in [0.25, 0.3) is 0 Å². The van der Waals surface area contributed by atoms with E-state index in [0.29, 0.717) is 19.2 Å². The van der Waals surface area contributed by atoms with Gasteiger partial charge in [0.2, 0.25) is 0 Å². The van der Waals surface area contributed by atoms with E-state index >= 15 is 0 Å². The predicted molar refractivity (Wildman–Crippen MR) is 102 cm³/mol. The highest BCUT2D eigenvalue weighted by atomic mass is 127. The lowest BCUT2D eigenvalue weighted by atomic mass is 10.2. The zero-order valence-electron chi connectivity index (χ0n) is 13.6. The maximum Gasteiger partial charge on any atom is 0.191 e. The first-order valence-corrected chi connectivity index (χ1v) is 7.51. The number of aliphatic imine (C=N–C) groups is 1. The number of nitrogens with zero attached hydrogens (tertiary/aromatic N) is 2. The summed E-state index contributed by atoms with van der Waals surface area (Å²) in [5.41, 5.74) is 1.15. The van der Waals surface area contributed by atoms with Gasteiger partial charge in [0.25, 0.3) is 0 Å². The van der Waals surface area contributed by atoms with E-state index in [9.17, 15) is 0 Å². The van der Waals surface area contributed by atoms with Crippen LogP contribution >= 0.6 is 24.0 Å². The first-order valence-electron chi connectivity index (χ1n) is 7.51. The molecule has 1 saturated carbocycles. The summed E-state index contributed by atoms with van der Waals surface area (Å²) in [4.78, 5) is 6.36. The van der Waals surface area contributed by atoms with Gasteiger partial charge in [-0.2, -0.15) is 0 Å². The average Bonchev–Trinajstić information content (AvgIpc) is 3.28. The van der Waals surface area contributed by atoms with Crippen LogP contribution < -0.4 is 15.4 Å². The van der Waals surface area contributed by atoms with Gasteiger partial charge in [-0.3, -0.25) is 4.99 Å². The summed E-state index contributed by atoms with van der Waals surface area (Å²) in [6.07, 6.45) is 2.48. The Morgan fingerprint density at radius 3 is 2.68 bits per heavy atom. The number of hydrogen-bond acceptors (Lipinski definition) is 3. The number of halogens is 1. The van der Waals surface area contributed by atoms with Crippen LogP contribution in [-0.4, -0.2) is 51.2 Å². The summed E-state index contributed by atoms with van der Waals surface area (Å²) >= 11 is 0. The minimum atomic E-state index is 0. The Hall–Kier alpha value is -1.02. The van der Waals surface area contributed by atoms with Crippen molar-refractivity contribution in [3.8, 4) is 5.75 Å². The number of hydrogen-bond donors (Lipinski definition) is 2. The summed E-state index contributed by atoms with van der Waals surface area (Å²) < 4.78 is 5.87. The average molecular weight is 418 g/mol. The van der Waals surface area contributed by atoms with Gasteiger partial charge in [0, 0.05) is 31.7 Å². The van der Waals surface area contributed by atoms with Crippen molar-refractivity contribution in [2.45, 2.75) is 25.4 Å². The molecule has 1 aliphatic carbocycles. The molecule has 6 heteroatoms. The van der Waals surface area contributed by atoms with Gasteiger partial charge in [-0.25, -0.2) is 0 Å². The highest BCUT2D eigenvalue weighted by Crippen LogP contribution is 2.19. The molecule has 0 radical (unpaired) electrons. The van der Waals surface area contributed by atoms with Gasteiger partial charge in [0.05, 0.1) is 0 Å². The number of benzene rings is 1. The summed E-state index contributed by atoms with van der Waals surface area (Å²) in [6.45, 7) is 2.32. The zero-order chi connectivity index (χ0) is 15.1. The number of guanidine groups is 1. The molecule has 22 heavy (non-hydrogen) atoms. The van der Waals surface area contributed by atoms with Crippen molar-refractivity contribution in [1.82, 2.24) is 15.5 Å². The van der Waals surface area contributed by atoms with Crippen LogP contribution in [0.15, 0.2) is 29.3 Å². The molecule has 0 unspecified atom stereocenters. The summed E-state index contributed by atoms with van der Waals surface area (Å²) in [5, 5.41) is 6.72. The Morgan fingerprint density at radius 2 is 2.05 bits per heavy atom. The topological polar surface area (TPSA) is 48.9 Å². The first kappa shape index (κ1) is 19.0. The molecule has 1 aromatic rings. The Labute approximate surface area is 150 Å². The van der Waals surface area contributed by atoms with Crippen molar-refractivity contribution in [2.75, 3.05) is 34.3 Å². The highest BCUT2D eigenvalue weighted by molar-refractivity contribution is 14.0. The molecule has 124 valence electrons. The zero-order valence-corrected chi connectivity index (χ0v) is 16.0. The monoisotopic (exact) mass is 418 g/mol. The Bertz CT molecular complexity index is 475. The van der Waals surface area contributed by atoms with E-state index in [-0.39, 0.29) is 24.0 Å². The van der Waals surface area contributed by atoms with Gasteiger partial charge < -0.3 is 20.3 Å². The van der Waals surface area contributed by atoms with Gasteiger partial charge in [-0.1, -0.05) is 18.2 Å². The van der Waals surface area contributed by atoms with Crippen molar-refractivity contribution in [3.05, 3.63) is 29.8 Å². The van der Waals surface area contributed by atoms with E-state index in [1.54, 1.807) is 7.05 Å². The molecule has 0 amide bonds. The summed E-state index contributed by atoms with van der Waals surface area (Å²) in [5.74, 6) is 1.80. The molecule has 0 heterocycles. The second-order valence-corrected chi connectivity index (χ2v) is 5.60.